The standard InChI is InChI=1S/C28H30N4O4S/c1-20-7-2-3-10-23(20)27(35)32-24(26(34)30-18-21-8-4-5-13-29-21)19-36-28(32)11-14-31(15-12-28)25(33)17-22-9-6-16-37-22/h2-10,13,16,24H,11-12,14-15,17-19H2,1H3,(H,30,34). The van der Waals surface area contributed by atoms with Gasteiger partial charge < -0.3 is 15.0 Å². The monoisotopic (exact) mass is 518 g/mol. The predicted octanol–water partition coefficient (Wildman–Crippen LogP) is 3.17. The number of rotatable bonds is 6. The number of amides is 3. The number of likely N-dealkylation sites (tertiary alicyclic amines) is 1. The Morgan fingerprint density at radius 1 is 1.08 bits per heavy atom. The van der Waals surface area contributed by atoms with Crippen LogP contribution in [0.4, 0.5) is 0 Å². The number of ether oxygens (including phenoxy) is 1. The molecule has 2 saturated heterocycles. The zero-order valence-electron chi connectivity index (χ0n) is 20.8. The molecule has 3 amide bonds. The van der Waals surface area contributed by atoms with Crippen LogP contribution in [0.25, 0.3) is 0 Å². The fraction of sp³-hybridized carbons (Fsp3) is 0.357. The normalized spacial score (nSPS) is 18.7. The second-order valence-corrected chi connectivity index (χ2v) is 10.5. The minimum atomic E-state index is -0.938. The predicted molar refractivity (Wildman–Crippen MR) is 140 cm³/mol. The molecule has 1 aromatic carbocycles. The fourth-order valence-electron chi connectivity index (χ4n) is 5.09. The summed E-state index contributed by atoms with van der Waals surface area (Å²) in [6, 6.07) is 16.0. The van der Waals surface area contributed by atoms with Gasteiger partial charge in [-0.1, -0.05) is 30.3 Å². The molecule has 0 radical (unpaired) electrons. The Kier molecular flexibility index (Phi) is 7.34. The van der Waals surface area contributed by atoms with Crippen molar-refractivity contribution in [2.45, 2.75) is 44.5 Å². The molecule has 8 nitrogen and oxygen atoms in total. The van der Waals surface area contributed by atoms with E-state index in [2.05, 4.69) is 10.3 Å². The highest BCUT2D eigenvalue weighted by Gasteiger charge is 2.54. The molecule has 1 spiro atoms. The van der Waals surface area contributed by atoms with Crippen LogP contribution < -0.4 is 5.32 Å². The largest absolute Gasteiger partial charge is 0.353 e. The van der Waals surface area contributed by atoms with Crippen molar-refractivity contribution in [1.29, 1.82) is 0 Å². The third kappa shape index (κ3) is 5.28. The number of hydrogen-bond donors (Lipinski definition) is 1. The van der Waals surface area contributed by atoms with E-state index in [9.17, 15) is 14.4 Å². The van der Waals surface area contributed by atoms with Crippen molar-refractivity contribution in [3.05, 3.63) is 87.9 Å². The quantitative estimate of drug-likeness (QED) is 0.541. The first-order chi connectivity index (χ1) is 18.0. The molecule has 0 aliphatic carbocycles. The number of carbonyl (C=O) groups is 3. The zero-order chi connectivity index (χ0) is 25.8. The summed E-state index contributed by atoms with van der Waals surface area (Å²) < 4.78 is 6.29. The van der Waals surface area contributed by atoms with E-state index in [0.717, 1.165) is 16.1 Å². The molecule has 4 heterocycles. The van der Waals surface area contributed by atoms with Crippen LogP contribution in [0.5, 0.6) is 0 Å². The molecular weight excluding hydrogens is 488 g/mol. The highest BCUT2D eigenvalue weighted by atomic mass is 32.1. The first-order valence-electron chi connectivity index (χ1n) is 12.5. The molecule has 0 bridgehead atoms. The van der Waals surface area contributed by atoms with E-state index in [4.69, 9.17) is 4.74 Å². The molecular formula is C28H30N4O4S. The van der Waals surface area contributed by atoms with Crippen LogP contribution in [-0.2, 0) is 27.3 Å². The summed E-state index contributed by atoms with van der Waals surface area (Å²) in [5, 5.41) is 4.89. The Labute approximate surface area is 220 Å². The fourth-order valence-corrected chi connectivity index (χ4v) is 5.78. The lowest BCUT2D eigenvalue weighted by Gasteiger charge is -2.44. The van der Waals surface area contributed by atoms with Gasteiger partial charge in [-0.25, -0.2) is 0 Å². The van der Waals surface area contributed by atoms with Gasteiger partial charge in [0.2, 0.25) is 11.8 Å². The summed E-state index contributed by atoms with van der Waals surface area (Å²) in [4.78, 5) is 48.9. The van der Waals surface area contributed by atoms with Gasteiger partial charge in [0.1, 0.15) is 11.8 Å². The molecule has 2 aliphatic rings. The minimum absolute atomic E-state index is 0.0664. The molecule has 1 unspecified atom stereocenters. The van der Waals surface area contributed by atoms with E-state index in [1.54, 1.807) is 28.5 Å². The number of hydrogen-bond acceptors (Lipinski definition) is 6. The van der Waals surface area contributed by atoms with Crippen LogP contribution in [0.1, 0.15) is 39.3 Å². The maximum absolute atomic E-state index is 13.9. The minimum Gasteiger partial charge on any atom is -0.353 e. The van der Waals surface area contributed by atoms with E-state index < -0.39 is 11.8 Å². The van der Waals surface area contributed by atoms with E-state index in [1.807, 2.05) is 65.7 Å². The number of benzene rings is 1. The third-order valence-corrected chi connectivity index (χ3v) is 8.01. The van der Waals surface area contributed by atoms with Crippen molar-refractivity contribution in [3.63, 3.8) is 0 Å². The molecule has 1 atom stereocenters. The van der Waals surface area contributed by atoms with Crippen molar-refractivity contribution < 1.29 is 19.1 Å². The van der Waals surface area contributed by atoms with Gasteiger partial charge in [0.25, 0.3) is 5.91 Å². The van der Waals surface area contributed by atoms with Crippen LogP contribution >= 0.6 is 11.3 Å². The Hall–Kier alpha value is -3.56. The van der Waals surface area contributed by atoms with Crippen LogP contribution in [0.2, 0.25) is 0 Å². The Balaban J connectivity index is 1.35. The maximum atomic E-state index is 13.9. The Morgan fingerprint density at radius 2 is 1.86 bits per heavy atom. The molecule has 9 heteroatoms. The average molecular weight is 519 g/mol. The van der Waals surface area contributed by atoms with Crippen LogP contribution in [0.15, 0.2) is 66.2 Å². The summed E-state index contributed by atoms with van der Waals surface area (Å²) in [6.07, 6.45) is 2.95. The van der Waals surface area contributed by atoms with Crippen LogP contribution in [0.3, 0.4) is 0 Å². The molecule has 37 heavy (non-hydrogen) atoms. The first kappa shape index (κ1) is 25.1. The highest BCUT2D eigenvalue weighted by molar-refractivity contribution is 7.10. The van der Waals surface area contributed by atoms with Crippen molar-refractivity contribution in [2.24, 2.45) is 0 Å². The van der Waals surface area contributed by atoms with Crippen molar-refractivity contribution >= 4 is 29.1 Å². The maximum Gasteiger partial charge on any atom is 0.257 e. The molecule has 5 rings (SSSR count). The molecule has 3 aromatic rings. The lowest BCUT2D eigenvalue weighted by molar-refractivity contribution is -0.143. The van der Waals surface area contributed by atoms with Gasteiger partial charge in [0, 0.05) is 42.6 Å². The van der Waals surface area contributed by atoms with Crippen molar-refractivity contribution in [2.75, 3.05) is 19.7 Å². The average Bonchev–Trinajstić information content (AvgIpc) is 3.56. The first-order valence-corrected chi connectivity index (χ1v) is 13.4. The molecule has 2 aromatic heterocycles. The number of thiophene rings is 1. The van der Waals surface area contributed by atoms with Gasteiger partial charge in [-0.15, -0.1) is 11.3 Å². The lowest BCUT2D eigenvalue weighted by Crippen LogP contribution is -2.60. The summed E-state index contributed by atoms with van der Waals surface area (Å²) in [5.74, 6) is -0.440. The van der Waals surface area contributed by atoms with Gasteiger partial charge in [-0.3, -0.25) is 24.3 Å². The topological polar surface area (TPSA) is 91.8 Å². The number of piperidine rings is 1. The highest BCUT2D eigenvalue weighted by Crippen LogP contribution is 2.39. The molecule has 1 N–H and O–H groups in total. The zero-order valence-corrected chi connectivity index (χ0v) is 21.6. The number of aromatic nitrogens is 1. The molecule has 0 saturated carbocycles. The number of nitrogens with one attached hydrogen (secondary N) is 1. The van der Waals surface area contributed by atoms with Crippen molar-refractivity contribution in [3.8, 4) is 0 Å². The summed E-state index contributed by atoms with van der Waals surface area (Å²) in [6.45, 7) is 3.18. The van der Waals surface area contributed by atoms with Gasteiger partial charge >= 0.3 is 0 Å². The van der Waals surface area contributed by atoms with Gasteiger partial charge in [-0.05, 0) is 42.1 Å². The van der Waals surface area contributed by atoms with Crippen molar-refractivity contribution in [1.82, 2.24) is 20.1 Å². The van der Waals surface area contributed by atoms with Crippen LogP contribution in [0, 0.1) is 6.92 Å². The van der Waals surface area contributed by atoms with Crippen LogP contribution in [-0.4, -0.2) is 64.0 Å². The van der Waals surface area contributed by atoms with E-state index >= 15 is 0 Å². The number of carbonyl (C=O) groups excluding carboxylic acids is 3. The third-order valence-electron chi connectivity index (χ3n) is 7.13. The van der Waals surface area contributed by atoms with Gasteiger partial charge in [0.05, 0.1) is 25.3 Å². The molecule has 192 valence electrons. The van der Waals surface area contributed by atoms with E-state index in [0.29, 0.717) is 37.9 Å². The smallest absolute Gasteiger partial charge is 0.257 e. The number of pyridine rings is 1. The second kappa shape index (κ2) is 10.8. The summed E-state index contributed by atoms with van der Waals surface area (Å²) >= 11 is 1.57. The van der Waals surface area contributed by atoms with E-state index in [-0.39, 0.29) is 30.9 Å². The second-order valence-electron chi connectivity index (χ2n) is 9.44. The summed E-state index contributed by atoms with van der Waals surface area (Å²) in [5.41, 5.74) is 1.18. The molecule has 2 fully saturated rings. The summed E-state index contributed by atoms with van der Waals surface area (Å²) in [7, 11) is 0. The molecule has 2 aliphatic heterocycles. The van der Waals surface area contributed by atoms with E-state index in [1.165, 1.54) is 0 Å². The Morgan fingerprint density at radius 3 is 2.57 bits per heavy atom. The number of nitrogens with zero attached hydrogens (tertiary/aromatic N) is 3. The SMILES string of the molecule is Cc1ccccc1C(=O)N1C(C(=O)NCc2ccccn2)COC12CCN(C(=O)Cc1cccs1)CC2. The number of aryl methyl sites for hydroxylation is 1. The van der Waals surface area contributed by atoms with Gasteiger partial charge in [0.15, 0.2) is 0 Å². The lowest BCUT2D eigenvalue weighted by atomic mass is 9.95. The Bertz CT molecular complexity index is 1260. The van der Waals surface area contributed by atoms with Gasteiger partial charge in [-0.2, -0.15) is 0 Å².